The third kappa shape index (κ3) is 3.72. The van der Waals surface area contributed by atoms with E-state index in [4.69, 9.17) is 0 Å². The fraction of sp³-hybridized carbons (Fsp3) is 0.500. The number of nitrogens with one attached hydrogen (secondary N) is 1. The summed E-state index contributed by atoms with van der Waals surface area (Å²) in [6.07, 6.45) is 0. The van der Waals surface area contributed by atoms with Crippen LogP contribution in [-0.4, -0.2) is 47.6 Å². The number of carbonyl (C=O) groups is 1. The Morgan fingerprint density at radius 1 is 1.26 bits per heavy atom. The van der Waals surface area contributed by atoms with Crippen LogP contribution in [0.15, 0.2) is 18.2 Å². The molecule has 2 amide bonds. The molecule has 1 aromatic heterocycles. The number of fused-ring (bicyclic) bond motifs is 1. The molecule has 0 saturated carbocycles. The standard InChI is InChI=1S/C16H21FN4OS/c1-16(2,3)19-14(22)20-6-8-21(9-7-20)15-18-12-5-4-11(17)10-13(12)23-15/h4-5,10H,6-9H2,1-3H3,(H,19,22). The highest BCUT2D eigenvalue weighted by molar-refractivity contribution is 7.22. The van der Waals surface area contributed by atoms with Crippen molar-refractivity contribution in [1.82, 2.24) is 15.2 Å². The Labute approximate surface area is 139 Å². The first-order valence-electron chi connectivity index (χ1n) is 7.70. The summed E-state index contributed by atoms with van der Waals surface area (Å²) >= 11 is 1.49. The van der Waals surface area contributed by atoms with E-state index in [1.165, 1.54) is 23.5 Å². The number of urea groups is 1. The van der Waals surface area contributed by atoms with Crippen LogP contribution < -0.4 is 10.2 Å². The predicted octanol–water partition coefficient (Wildman–Crippen LogP) is 3.07. The smallest absolute Gasteiger partial charge is 0.317 e. The molecule has 0 spiro atoms. The van der Waals surface area contributed by atoms with E-state index in [9.17, 15) is 9.18 Å². The van der Waals surface area contributed by atoms with Crippen LogP contribution in [0.25, 0.3) is 10.2 Å². The van der Waals surface area contributed by atoms with Gasteiger partial charge in [0.25, 0.3) is 0 Å². The van der Waals surface area contributed by atoms with E-state index in [0.29, 0.717) is 13.1 Å². The van der Waals surface area contributed by atoms with Crippen LogP contribution in [-0.2, 0) is 0 Å². The highest BCUT2D eigenvalue weighted by Crippen LogP contribution is 2.29. The molecule has 1 aliphatic rings. The van der Waals surface area contributed by atoms with Crippen molar-refractivity contribution in [2.45, 2.75) is 26.3 Å². The van der Waals surface area contributed by atoms with Gasteiger partial charge in [-0.3, -0.25) is 0 Å². The normalized spacial score (nSPS) is 16.0. The molecule has 0 aliphatic carbocycles. The zero-order chi connectivity index (χ0) is 16.6. The molecule has 23 heavy (non-hydrogen) atoms. The van der Waals surface area contributed by atoms with E-state index in [0.717, 1.165) is 28.4 Å². The first kappa shape index (κ1) is 16.0. The molecule has 1 fully saturated rings. The van der Waals surface area contributed by atoms with Crippen molar-refractivity contribution < 1.29 is 9.18 Å². The summed E-state index contributed by atoms with van der Waals surface area (Å²) in [6.45, 7) is 8.71. The molecule has 1 aromatic carbocycles. The minimum atomic E-state index is -0.239. The van der Waals surface area contributed by atoms with Gasteiger partial charge in [-0.25, -0.2) is 14.2 Å². The topological polar surface area (TPSA) is 48.5 Å². The second-order valence-electron chi connectivity index (χ2n) is 6.76. The molecular weight excluding hydrogens is 315 g/mol. The van der Waals surface area contributed by atoms with E-state index in [-0.39, 0.29) is 17.4 Å². The monoisotopic (exact) mass is 336 g/mol. The Morgan fingerprint density at radius 2 is 1.96 bits per heavy atom. The second-order valence-corrected chi connectivity index (χ2v) is 7.77. The minimum Gasteiger partial charge on any atom is -0.345 e. The number of piperazine rings is 1. The summed E-state index contributed by atoms with van der Waals surface area (Å²) in [4.78, 5) is 20.7. The molecule has 124 valence electrons. The number of thiazole rings is 1. The van der Waals surface area contributed by atoms with E-state index in [1.807, 2.05) is 25.7 Å². The Hall–Kier alpha value is -1.89. The van der Waals surface area contributed by atoms with Gasteiger partial charge in [-0.2, -0.15) is 0 Å². The Balaban J connectivity index is 1.65. The van der Waals surface area contributed by atoms with Gasteiger partial charge in [0.2, 0.25) is 0 Å². The number of nitrogens with zero attached hydrogens (tertiary/aromatic N) is 3. The summed E-state index contributed by atoms with van der Waals surface area (Å²) in [5.41, 5.74) is 0.588. The van der Waals surface area contributed by atoms with Gasteiger partial charge >= 0.3 is 6.03 Å². The van der Waals surface area contributed by atoms with Crippen molar-refractivity contribution in [2.75, 3.05) is 31.1 Å². The van der Waals surface area contributed by atoms with Gasteiger partial charge in [-0.15, -0.1) is 0 Å². The van der Waals surface area contributed by atoms with Gasteiger partial charge in [-0.05, 0) is 39.0 Å². The summed E-state index contributed by atoms with van der Waals surface area (Å²) < 4.78 is 14.1. The minimum absolute atomic E-state index is 0.0245. The number of benzene rings is 1. The lowest BCUT2D eigenvalue weighted by Gasteiger charge is -2.36. The molecular formula is C16H21FN4OS. The number of aromatic nitrogens is 1. The molecule has 2 heterocycles. The first-order chi connectivity index (χ1) is 10.8. The van der Waals surface area contributed by atoms with Crippen LogP contribution >= 0.6 is 11.3 Å². The van der Waals surface area contributed by atoms with Crippen LogP contribution in [0.3, 0.4) is 0 Å². The third-order valence-electron chi connectivity index (χ3n) is 3.66. The van der Waals surface area contributed by atoms with Gasteiger partial charge in [0, 0.05) is 31.7 Å². The molecule has 3 rings (SSSR count). The lowest BCUT2D eigenvalue weighted by Crippen LogP contribution is -2.55. The molecule has 1 saturated heterocycles. The van der Waals surface area contributed by atoms with Gasteiger partial charge in [0.05, 0.1) is 10.2 Å². The third-order valence-corrected chi connectivity index (χ3v) is 4.74. The summed E-state index contributed by atoms with van der Waals surface area (Å²) in [5.74, 6) is -0.239. The zero-order valence-electron chi connectivity index (χ0n) is 13.6. The van der Waals surface area contributed by atoms with Crippen molar-refractivity contribution in [3.63, 3.8) is 0 Å². The average molecular weight is 336 g/mol. The Morgan fingerprint density at radius 3 is 2.61 bits per heavy atom. The fourth-order valence-electron chi connectivity index (χ4n) is 2.52. The number of hydrogen-bond acceptors (Lipinski definition) is 4. The second kappa shape index (κ2) is 5.96. The van der Waals surface area contributed by atoms with E-state index in [2.05, 4.69) is 15.2 Å². The van der Waals surface area contributed by atoms with Crippen molar-refractivity contribution in [3.8, 4) is 0 Å². The quantitative estimate of drug-likeness (QED) is 0.871. The highest BCUT2D eigenvalue weighted by Gasteiger charge is 2.25. The van der Waals surface area contributed by atoms with E-state index in [1.54, 1.807) is 6.07 Å². The molecule has 0 unspecified atom stereocenters. The van der Waals surface area contributed by atoms with Crippen LogP contribution in [0, 0.1) is 5.82 Å². The number of hydrogen-bond donors (Lipinski definition) is 1. The van der Waals surface area contributed by atoms with Crippen molar-refractivity contribution in [1.29, 1.82) is 0 Å². The molecule has 1 aliphatic heterocycles. The zero-order valence-corrected chi connectivity index (χ0v) is 14.4. The predicted molar refractivity (Wildman–Crippen MR) is 91.6 cm³/mol. The molecule has 0 radical (unpaired) electrons. The molecule has 0 bridgehead atoms. The molecule has 0 atom stereocenters. The van der Waals surface area contributed by atoms with Crippen LogP contribution in [0.2, 0.25) is 0 Å². The van der Waals surface area contributed by atoms with Gasteiger partial charge < -0.3 is 15.1 Å². The molecule has 1 N–H and O–H groups in total. The maximum atomic E-state index is 13.3. The molecule has 7 heteroatoms. The Bertz CT molecular complexity index is 716. The SMILES string of the molecule is CC(C)(C)NC(=O)N1CCN(c2nc3ccc(F)cc3s2)CC1. The van der Waals surface area contributed by atoms with Crippen LogP contribution in [0.1, 0.15) is 20.8 Å². The molecule has 2 aromatic rings. The maximum Gasteiger partial charge on any atom is 0.317 e. The summed E-state index contributed by atoms with van der Waals surface area (Å²) in [7, 11) is 0. The lowest BCUT2D eigenvalue weighted by molar-refractivity contribution is 0.185. The van der Waals surface area contributed by atoms with Crippen molar-refractivity contribution in [3.05, 3.63) is 24.0 Å². The Kier molecular flexibility index (Phi) is 4.14. The van der Waals surface area contributed by atoms with Crippen LogP contribution in [0.5, 0.6) is 0 Å². The fourth-order valence-corrected chi connectivity index (χ4v) is 3.56. The highest BCUT2D eigenvalue weighted by atomic mass is 32.1. The van der Waals surface area contributed by atoms with Crippen molar-refractivity contribution >= 4 is 32.7 Å². The average Bonchev–Trinajstić information content (AvgIpc) is 2.88. The summed E-state index contributed by atoms with van der Waals surface area (Å²) in [5, 5.41) is 3.88. The van der Waals surface area contributed by atoms with E-state index >= 15 is 0 Å². The number of carbonyl (C=O) groups excluding carboxylic acids is 1. The molecule has 5 nitrogen and oxygen atoms in total. The number of amides is 2. The van der Waals surface area contributed by atoms with Crippen LogP contribution in [0.4, 0.5) is 14.3 Å². The van der Waals surface area contributed by atoms with Gasteiger partial charge in [0.15, 0.2) is 5.13 Å². The van der Waals surface area contributed by atoms with E-state index < -0.39 is 0 Å². The lowest BCUT2D eigenvalue weighted by atomic mass is 10.1. The van der Waals surface area contributed by atoms with Gasteiger partial charge in [0.1, 0.15) is 5.82 Å². The number of rotatable bonds is 1. The number of anilines is 1. The maximum absolute atomic E-state index is 13.3. The van der Waals surface area contributed by atoms with Gasteiger partial charge in [-0.1, -0.05) is 11.3 Å². The summed E-state index contributed by atoms with van der Waals surface area (Å²) in [6, 6.07) is 4.63. The van der Waals surface area contributed by atoms with Crippen molar-refractivity contribution in [2.24, 2.45) is 0 Å². The number of halogens is 1. The largest absolute Gasteiger partial charge is 0.345 e. The first-order valence-corrected chi connectivity index (χ1v) is 8.52.